The SMILES string of the molecule is O=C(Nc1cnc(Br)cn1)[C@@H]1Cc2ccccc2CN1. The van der Waals surface area contributed by atoms with Crippen LogP contribution in [0.2, 0.25) is 0 Å². The largest absolute Gasteiger partial charge is 0.308 e. The number of fused-ring (bicyclic) bond motifs is 1. The maximum atomic E-state index is 12.2. The lowest BCUT2D eigenvalue weighted by Crippen LogP contribution is -2.44. The van der Waals surface area contributed by atoms with E-state index in [4.69, 9.17) is 0 Å². The molecule has 1 aliphatic heterocycles. The van der Waals surface area contributed by atoms with Gasteiger partial charge in [0.1, 0.15) is 4.60 Å². The van der Waals surface area contributed by atoms with E-state index in [1.165, 1.54) is 17.3 Å². The number of nitrogens with one attached hydrogen (secondary N) is 2. The van der Waals surface area contributed by atoms with Crippen molar-refractivity contribution in [2.45, 2.75) is 19.0 Å². The van der Waals surface area contributed by atoms with Gasteiger partial charge in [0.25, 0.3) is 0 Å². The number of aromatic nitrogens is 2. The minimum atomic E-state index is -0.240. The summed E-state index contributed by atoms with van der Waals surface area (Å²) in [5, 5.41) is 6.01. The third-order valence-electron chi connectivity index (χ3n) is 3.27. The number of carbonyl (C=O) groups excluding carboxylic acids is 1. The fraction of sp³-hybridized carbons (Fsp3) is 0.214. The molecule has 6 heteroatoms. The van der Waals surface area contributed by atoms with Crippen molar-refractivity contribution >= 4 is 27.7 Å². The molecule has 0 radical (unpaired) electrons. The molecule has 0 aliphatic carbocycles. The van der Waals surface area contributed by atoms with Crippen molar-refractivity contribution in [3.63, 3.8) is 0 Å². The molecular formula is C14H13BrN4O. The quantitative estimate of drug-likeness (QED) is 0.881. The second-order valence-corrected chi connectivity index (χ2v) is 5.43. The second kappa shape index (κ2) is 5.68. The number of hydrogen-bond donors (Lipinski definition) is 2. The molecular weight excluding hydrogens is 320 g/mol. The maximum Gasteiger partial charge on any atom is 0.243 e. The summed E-state index contributed by atoms with van der Waals surface area (Å²) in [5.41, 5.74) is 2.47. The zero-order chi connectivity index (χ0) is 13.9. The molecule has 1 aromatic heterocycles. The summed E-state index contributed by atoms with van der Waals surface area (Å²) in [4.78, 5) is 20.3. The first-order valence-electron chi connectivity index (χ1n) is 6.31. The molecule has 0 fully saturated rings. The Morgan fingerprint density at radius 2 is 2.05 bits per heavy atom. The number of amides is 1. The lowest BCUT2D eigenvalue weighted by atomic mass is 9.95. The van der Waals surface area contributed by atoms with Crippen LogP contribution in [0.25, 0.3) is 0 Å². The van der Waals surface area contributed by atoms with Crippen LogP contribution < -0.4 is 10.6 Å². The van der Waals surface area contributed by atoms with Gasteiger partial charge in [-0.25, -0.2) is 9.97 Å². The van der Waals surface area contributed by atoms with Crippen molar-refractivity contribution in [2.75, 3.05) is 5.32 Å². The molecule has 1 aliphatic rings. The molecule has 2 N–H and O–H groups in total. The molecule has 0 unspecified atom stereocenters. The van der Waals surface area contributed by atoms with Crippen molar-refractivity contribution in [3.8, 4) is 0 Å². The Bertz CT molecular complexity index is 629. The van der Waals surface area contributed by atoms with Crippen LogP contribution in [0.1, 0.15) is 11.1 Å². The van der Waals surface area contributed by atoms with E-state index < -0.39 is 0 Å². The van der Waals surface area contributed by atoms with Crippen LogP contribution in [0.4, 0.5) is 5.82 Å². The van der Waals surface area contributed by atoms with Crippen molar-refractivity contribution in [3.05, 3.63) is 52.4 Å². The molecule has 2 heterocycles. The Morgan fingerprint density at radius 1 is 1.25 bits per heavy atom. The third kappa shape index (κ3) is 2.86. The molecule has 1 aromatic carbocycles. The summed E-state index contributed by atoms with van der Waals surface area (Å²) in [5.74, 6) is 0.370. The van der Waals surface area contributed by atoms with Gasteiger partial charge in [0, 0.05) is 6.54 Å². The van der Waals surface area contributed by atoms with Gasteiger partial charge in [0.2, 0.25) is 5.91 Å². The first-order chi connectivity index (χ1) is 9.72. The summed E-state index contributed by atoms with van der Waals surface area (Å²) in [7, 11) is 0. The van der Waals surface area contributed by atoms with Crippen LogP contribution in [-0.4, -0.2) is 21.9 Å². The summed E-state index contributed by atoms with van der Waals surface area (Å²) < 4.78 is 0.639. The Kier molecular flexibility index (Phi) is 3.75. The van der Waals surface area contributed by atoms with Gasteiger partial charge >= 0.3 is 0 Å². The van der Waals surface area contributed by atoms with Gasteiger partial charge in [0.05, 0.1) is 18.4 Å². The number of nitrogens with zero attached hydrogens (tertiary/aromatic N) is 2. The molecule has 0 spiro atoms. The number of halogens is 1. The fourth-order valence-electron chi connectivity index (χ4n) is 2.23. The van der Waals surface area contributed by atoms with E-state index in [2.05, 4.69) is 48.7 Å². The molecule has 1 amide bonds. The molecule has 0 saturated heterocycles. The summed E-state index contributed by atoms with van der Waals surface area (Å²) in [6.45, 7) is 0.709. The standard InChI is InChI=1S/C14H13BrN4O/c15-12-7-18-13(8-17-12)19-14(20)11-5-9-3-1-2-4-10(9)6-16-11/h1-4,7-8,11,16H,5-6H2,(H,18,19,20)/t11-/m0/s1. The van der Waals surface area contributed by atoms with Gasteiger partial charge in [-0.3, -0.25) is 4.79 Å². The topological polar surface area (TPSA) is 66.9 Å². The maximum absolute atomic E-state index is 12.2. The molecule has 5 nitrogen and oxygen atoms in total. The van der Waals surface area contributed by atoms with Crippen molar-refractivity contribution in [2.24, 2.45) is 0 Å². The highest BCUT2D eigenvalue weighted by atomic mass is 79.9. The van der Waals surface area contributed by atoms with E-state index in [9.17, 15) is 4.79 Å². The van der Waals surface area contributed by atoms with E-state index in [1.54, 1.807) is 6.20 Å². The number of carbonyl (C=O) groups is 1. The van der Waals surface area contributed by atoms with Crippen LogP contribution in [0, 0.1) is 0 Å². The first kappa shape index (κ1) is 13.2. The lowest BCUT2D eigenvalue weighted by Gasteiger charge is -2.25. The number of benzene rings is 1. The van der Waals surface area contributed by atoms with E-state index in [0.29, 0.717) is 23.4 Å². The van der Waals surface area contributed by atoms with Crippen molar-refractivity contribution in [1.82, 2.24) is 15.3 Å². The van der Waals surface area contributed by atoms with Gasteiger partial charge in [-0.05, 0) is 33.5 Å². The molecule has 1 atom stereocenters. The van der Waals surface area contributed by atoms with Crippen LogP contribution in [-0.2, 0) is 17.8 Å². The Morgan fingerprint density at radius 3 is 2.80 bits per heavy atom. The summed E-state index contributed by atoms with van der Waals surface area (Å²) >= 11 is 3.21. The molecule has 20 heavy (non-hydrogen) atoms. The van der Waals surface area contributed by atoms with E-state index in [-0.39, 0.29) is 11.9 Å². The van der Waals surface area contributed by atoms with Crippen LogP contribution >= 0.6 is 15.9 Å². The zero-order valence-electron chi connectivity index (χ0n) is 10.6. The average Bonchev–Trinajstić information content (AvgIpc) is 2.49. The molecule has 102 valence electrons. The van der Waals surface area contributed by atoms with Gasteiger partial charge < -0.3 is 10.6 Å². The predicted octanol–water partition coefficient (Wildman–Crippen LogP) is 1.89. The van der Waals surface area contributed by atoms with Crippen LogP contribution in [0.3, 0.4) is 0 Å². The molecule has 0 saturated carbocycles. The van der Waals surface area contributed by atoms with E-state index in [0.717, 1.165) is 0 Å². The van der Waals surface area contributed by atoms with Gasteiger partial charge in [0.15, 0.2) is 5.82 Å². The zero-order valence-corrected chi connectivity index (χ0v) is 12.2. The Hall–Kier alpha value is -1.79. The highest BCUT2D eigenvalue weighted by Crippen LogP contribution is 2.17. The minimum Gasteiger partial charge on any atom is -0.308 e. The number of rotatable bonds is 2. The third-order valence-corrected chi connectivity index (χ3v) is 3.68. The summed E-state index contributed by atoms with van der Waals surface area (Å²) in [6, 6.07) is 7.92. The minimum absolute atomic E-state index is 0.0869. The Balaban J connectivity index is 1.68. The van der Waals surface area contributed by atoms with Crippen molar-refractivity contribution in [1.29, 1.82) is 0 Å². The highest BCUT2D eigenvalue weighted by molar-refractivity contribution is 9.10. The van der Waals surface area contributed by atoms with Gasteiger partial charge in [-0.15, -0.1) is 0 Å². The highest BCUT2D eigenvalue weighted by Gasteiger charge is 2.24. The number of anilines is 1. The predicted molar refractivity (Wildman–Crippen MR) is 79.1 cm³/mol. The first-order valence-corrected chi connectivity index (χ1v) is 7.10. The van der Waals surface area contributed by atoms with E-state index >= 15 is 0 Å². The van der Waals surface area contributed by atoms with Crippen LogP contribution in [0.5, 0.6) is 0 Å². The summed E-state index contributed by atoms with van der Waals surface area (Å²) in [6.07, 6.45) is 3.77. The molecule has 3 rings (SSSR count). The molecule has 2 aromatic rings. The number of hydrogen-bond acceptors (Lipinski definition) is 4. The van der Waals surface area contributed by atoms with Crippen LogP contribution in [0.15, 0.2) is 41.3 Å². The van der Waals surface area contributed by atoms with Gasteiger partial charge in [-0.2, -0.15) is 0 Å². The molecule has 0 bridgehead atoms. The van der Waals surface area contributed by atoms with Gasteiger partial charge in [-0.1, -0.05) is 24.3 Å². The fourth-order valence-corrected chi connectivity index (χ4v) is 2.43. The normalized spacial score (nSPS) is 17.4. The lowest BCUT2D eigenvalue weighted by molar-refractivity contribution is -0.118. The second-order valence-electron chi connectivity index (χ2n) is 4.62. The van der Waals surface area contributed by atoms with Crippen molar-refractivity contribution < 1.29 is 4.79 Å². The smallest absolute Gasteiger partial charge is 0.243 e. The monoisotopic (exact) mass is 332 g/mol. The average molecular weight is 333 g/mol. The Labute approximate surface area is 125 Å². The van der Waals surface area contributed by atoms with E-state index in [1.807, 2.05) is 12.1 Å².